The molecule has 0 rings (SSSR count). The van der Waals surface area contributed by atoms with Crippen LogP contribution in [0.3, 0.4) is 0 Å². The Labute approximate surface area is 129 Å². The van der Waals surface area contributed by atoms with Crippen LogP contribution in [0.25, 0.3) is 0 Å². The van der Waals surface area contributed by atoms with Gasteiger partial charge in [-0.25, -0.2) is 0 Å². The van der Waals surface area contributed by atoms with Gasteiger partial charge in [0.05, 0.1) is 0 Å². The van der Waals surface area contributed by atoms with Gasteiger partial charge in [0.15, 0.2) is 0 Å². The minimum absolute atomic E-state index is 0. The molecule has 7 heteroatoms. The second-order valence-electron chi connectivity index (χ2n) is 0.247. The monoisotopic (exact) mass is 322 g/mol. The summed E-state index contributed by atoms with van der Waals surface area (Å²) in [4.78, 5) is 0. The molecule has 0 N–H and O–H groups in total. The normalized spacial score (nSPS) is 3.86. The van der Waals surface area contributed by atoms with Crippen LogP contribution >= 0.6 is 0 Å². The Morgan fingerprint density at radius 2 is 1.00 bits per heavy atom. The summed E-state index contributed by atoms with van der Waals surface area (Å²) in [5, 5.41) is 0. The molecule has 0 saturated heterocycles. The van der Waals surface area contributed by atoms with Gasteiger partial charge in [0.25, 0.3) is 0 Å². The van der Waals surface area contributed by atoms with Gasteiger partial charge in [-0.05, 0) is 0 Å². The van der Waals surface area contributed by atoms with Gasteiger partial charge < -0.3 is 10.6 Å². The Hall–Kier alpha value is 3.78. The molecule has 7 heavy (non-hydrogen) atoms. The van der Waals surface area contributed by atoms with Crippen LogP contribution in [0.1, 0.15) is 0 Å². The summed E-state index contributed by atoms with van der Waals surface area (Å²) in [6.45, 7) is 0. The molecular weight excluding hydrogens is 319 g/mol. The van der Waals surface area contributed by atoms with Crippen LogP contribution in [0, 0.1) is 41.7 Å². The first-order valence-corrected chi connectivity index (χ1v) is 1.96. The zero-order valence-electron chi connectivity index (χ0n) is 2.21. The summed E-state index contributed by atoms with van der Waals surface area (Å²) >= 11 is -4.64. The predicted octanol–water partition coefficient (Wildman–Crippen LogP) is -0.685. The topological polar surface area (TPSA) is 0 Å². The van der Waals surface area contributed by atoms with Crippen LogP contribution in [0.5, 0.6) is 0 Å². The Morgan fingerprint density at radius 3 is 1.00 bits per heavy atom. The third-order valence-electron chi connectivity index (χ3n) is 0. The van der Waals surface area contributed by atoms with Gasteiger partial charge in [0.2, 0.25) is 0 Å². The SMILES string of the molecule is [Ce].[F][Al]([F])[F].[LiH].[SrH2]. The number of rotatable bonds is 0. The summed E-state index contributed by atoms with van der Waals surface area (Å²) in [5.74, 6) is 0. The third kappa shape index (κ3) is 41.5. The molecule has 0 aliphatic heterocycles. The molecule has 0 aromatic heterocycles. The molecule has 0 spiro atoms. The molecule has 0 radical (unpaired) electrons. The average molecular weight is 322 g/mol. The maximum absolute atomic E-state index is 9.81. The van der Waals surface area contributed by atoms with Crippen molar-refractivity contribution in [3.8, 4) is 0 Å². The van der Waals surface area contributed by atoms with Crippen molar-refractivity contribution in [1.29, 1.82) is 0 Å². The van der Waals surface area contributed by atoms with Gasteiger partial charge in [-0.3, -0.25) is 0 Å². The Morgan fingerprint density at radius 1 is 1.00 bits per heavy atom. The molecule has 0 aromatic rings. The van der Waals surface area contributed by atoms with Crippen LogP contribution in [0.15, 0.2) is 0 Å². The maximum atomic E-state index is 9.81. The molecule has 0 bridgehead atoms. The van der Waals surface area contributed by atoms with Gasteiger partial charge in [0.1, 0.15) is 0 Å². The summed E-state index contributed by atoms with van der Waals surface area (Å²) in [6.07, 6.45) is 0. The Kier molecular flexibility index (Phi) is 52.5. The van der Waals surface area contributed by atoms with E-state index in [0.717, 1.165) is 0 Å². The van der Waals surface area contributed by atoms with Crippen LogP contribution in [-0.4, -0.2) is 79.9 Å². The van der Waals surface area contributed by atoms with E-state index in [-0.39, 0.29) is 106 Å². The van der Waals surface area contributed by atoms with Crippen LogP contribution in [-0.2, 0) is 0 Å². The van der Waals surface area contributed by atoms with Crippen LogP contribution in [0.2, 0.25) is 0 Å². The van der Waals surface area contributed by atoms with E-state index in [4.69, 9.17) is 0 Å². The van der Waals surface area contributed by atoms with Gasteiger partial charge in [-0.15, -0.1) is 0 Å². The fourth-order valence-corrected chi connectivity index (χ4v) is 0. The van der Waals surface area contributed by atoms with E-state index in [1.165, 1.54) is 0 Å². The molecule has 0 amide bonds. The van der Waals surface area contributed by atoms with E-state index in [0.29, 0.717) is 0 Å². The second kappa shape index (κ2) is 16.4. The van der Waals surface area contributed by atoms with Crippen molar-refractivity contribution in [2.24, 2.45) is 0 Å². The van der Waals surface area contributed by atoms with E-state index in [9.17, 15) is 10.6 Å². The molecule has 0 unspecified atom stereocenters. The summed E-state index contributed by atoms with van der Waals surface area (Å²) in [7, 11) is 0. The molecule has 0 heterocycles. The number of hydrogen-bond acceptors (Lipinski definition) is 0. The van der Waals surface area contributed by atoms with E-state index in [1.54, 1.807) is 0 Å². The molecule has 0 aliphatic carbocycles. The minimum atomic E-state index is -4.64. The fraction of sp³-hybridized carbons (Fsp3) is 0. The van der Waals surface area contributed by atoms with Crippen LogP contribution in [0.4, 0.5) is 10.6 Å². The van der Waals surface area contributed by atoms with Crippen molar-refractivity contribution >= 4 is 79.9 Å². The summed E-state index contributed by atoms with van der Waals surface area (Å²) in [6, 6.07) is 0. The number of hydrogen-bond donors (Lipinski definition) is 0. The first-order valence-electron chi connectivity index (χ1n) is 0.655. The predicted molar refractivity (Wildman–Crippen MR) is 24.8 cm³/mol. The molecular formula is H3AlCeF3LiSr. The standard InChI is InChI=1S/Al.Ce.3FH.Li.Sr.3H/h;;3*1H;;;;;/q+3;;;;;;;;;/p-3. The molecule has 0 saturated carbocycles. The van der Waals surface area contributed by atoms with Crippen molar-refractivity contribution < 1.29 is 52.3 Å². The second-order valence-corrected chi connectivity index (χ2v) is 0.742. The zero-order valence-corrected chi connectivity index (χ0v) is 6.51. The van der Waals surface area contributed by atoms with Crippen LogP contribution < -0.4 is 0 Å². The van der Waals surface area contributed by atoms with Crippen molar-refractivity contribution in [2.45, 2.75) is 0 Å². The van der Waals surface area contributed by atoms with Gasteiger partial charge in [-0.2, -0.15) is 0 Å². The van der Waals surface area contributed by atoms with E-state index in [1.807, 2.05) is 0 Å². The molecule has 34 valence electrons. The molecule has 0 aliphatic rings. The van der Waals surface area contributed by atoms with Crippen molar-refractivity contribution in [1.82, 2.24) is 0 Å². The number of halogens is 3. The van der Waals surface area contributed by atoms with E-state index >= 15 is 0 Å². The molecule has 0 atom stereocenters. The first kappa shape index (κ1) is 22.4. The quantitative estimate of drug-likeness (QED) is 0.519. The fourth-order valence-electron chi connectivity index (χ4n) is 0. The van der Waals surface area contributed by atoms with E-state index in [2.05, 4.69) is 0 Å². The average Bonchev–Trinajstić information content (AvgIpc) is 0.811. The van der Waals surface area contributed by atoms with Gasteiger partial charge >= 0.3 is 79.9 Å². The zero-order chi connectivity index (χ0) is 3.58. The summed E-state index contributed by atoms with van der Waals surface area (Å²) < 4.78 is 29.4. The third-order valence-corrected chi connectivity index (χ3v) is 0. The van der Waals surface area contributed by atoms with Crippen molar-refractivity contribution in [3.63, 3.8) is 0 Å². The summed E-state index contributed by atoms with van der Waals surface area (Å²) in [5.41, 5.74) is 0. The van der Waals surface area contributed by atoms with Crippen molar-refractivity contribution in [3.05, 3.63) is 0 Å². The molecule has 0 fully saturated rings. The molecule has 0 aromatic carbocycles. The Balaban J connectivity index is -0.0000000150. The van der Waals surface area contributed by atoms with Gasteiger partial charge in [0, 0.05) is 41.7 Å². The first-order chi connectivity index (χ1) is 1.73. The van der Waals surface area contributed by atoms with Gasteiger partial charge in [-0.1, -0.05) is 0 Å². The van der Waals surface area contributed by atoms with Crippen molar-refractivity contribution in [2.75, 3.05) is 0 Å². The Bertz CT molecular complexity index is 19.7. The van der Waals surface area contributed by atoms with E-state index < -0.39 is 15.5 Å². The molecule has 0 nitrogen and oxygen atoms in total.